The monoisotopic (exact) mass is 181 g/mol. The zero-order chi connectivity index (χ0) is 8.39. The van der Waals surface area contributed by atoms with Crippen LogP contribution in [0.15, 0.2) is 11.4 Å². The Morgan fingerprint density at radius 3 is 3.00 bits per heavy atom. The van der Waals surface area contributed by atoms with Crippen molar-refractivity contribution in [2.45, 2.75) is 32.2 Å². The van der Waals surface area contributed by atoms with Crippen LogP contribution in [0.2, 0.25) is 0 Å². The molecule has 1 aliphatic carbocycles. The number of rotatable bonds is 4. The first-order valence-corrected chi connectivity index (χ1v) is 5.50. The molecule has 0 bridgehead atoms. The topological polar surface area (TPSA) is 12.0 Å². The van der Waals surface area contributed by atoms with Gasteiger partial charge in [-0.05, 0) is 49.7 Å². The lowest BCUT2D eigenvalue weighted by Gasteiger charge is -2.01. The van der Waals surface area contributed by atoms with Crippen molar-refractivity contribution in [3.05, 3.63) is 21.9 Å². The van der Waals surface area contributed by atoms with E-state index >= 15 is 0 Å². The Kier molecular flexibility index (Phi) is 2.47. The second-order valence-corrected chi connectivity index (χ2v) is 4.60. The second kappa shape index (κ2) is 3.58. The van der Waals surface area contributed by atoms with E-state index in [9.17, 15) is 0 Å². The van der Waals surface area contributed by atoms with E-state index in [0.717, 1.165) is 12.6 Å². The molecule has 2 rings (SSSR count). The number of hydrogen-bond acceptors (Lipinski definition) is 2. The summed E-state index contributed by atoms with van der Waals surface area (Å²) in [5, 5.41) is 5.71. The molecule has 1 aliphatic rings. The highest BCUT2D eigenvalue weighted by molar-refractivity contribution is 7.10. The first-order chi connectivity index (χ1) is 5.86. The van der Waals surface area contributed by atoms with Gasteiger partial charge in [0, 0.05) is 10.9 Å². The van der Waals surface area contributed by atoms with Crippen molar-refractivity contribution in [3.63, 3.8) is 0 Å². The Bertz CT molecular complexity index is 250. The van der Waals surface area contributed by atoms with E-state index in [-0.39, 0.29) is 0 Å². The van der Waals surface area contributed by atoms with Gasteiger partial charge in [-0.3, -0.25) is 0 Å². The van der Waals surface area contributed by atoms with E-state index in [1.165, 1.54) is 29.7 Å². The number of aryl methyl sites for hydroxylation is 1. The summed E-state index contributed by atoms with van der Waals surface area (Å²) < 4.78 is 0. The lowest BCUT2D eigenvalue weighted by Crippen LogP contribution is -2.19. The van der Waals surface area contributed by atoms with Crippen LogP contribution in [-0.2, 0) is 6.42 Å². The summed E-state index contributed by atoms with van der Waals surface area (Å²) in [6, 6.07) is 3.10. The van der Waals surface area contributed by atoms with Crippen LogP contribution in [0.1, 0.15) is 23.3 Å². The van der Waals surface area contributed by atoms with E-state index in [2.05, 4.69) is 23.7 Å². The molecule has 66 valence electrons. The van der Waals surface area contributed by atoms with Gasteiger partial charge in [0.2, 0.25) is 0 Å². The Morgan fingerprint density at radius 2 is 2.42 bits per heavy atom. The van der Waals surface area contributed by atoms with Crippen LogP contribution in [0, 0.1) is 6.92 Å². The fourth-order valence-corrected chi connectivity index (χ4v) is 2.13. The Hall–Kier alpha value is -0.340. The summed E-state index contributed by atoms with van der Waals surface area (Å²) in [7, 11) is 0. The van der Waals surface area contributed by atoms with Gasteiger partial charge in [0.1, 0.15) is 0 Å². The maximum absolute atomic E-state index is 3.53. The van der Waals surface area contributed by atoms with Crippen LogP contribution < -0.4 is 5.32 Å². The van der Waals surface area contributed by atoms with E-state index in [1.807, 2.05) is 11.3 Å². The highest BCUT2D eigenvalue weighted by Gasteiger charge is 2.19. The predicted octanol–water partition coefficient (Wildman–Crippen LogP) is 2.35. The van der Waals surface area contributed by atoms with Gasteiger partial charge in [-0.1, -0.05) is 0 Å². The molecule has 0 aliphatic heterocycles. The number of hydrogen-bond donors (Lipinski definition) is 1. The molecule has 0 saturated heterocycles. The van der Waals surface area contributed by atoms with Crippen molar-refractivity contribution >= 4 is 11.3 Å². The lowest BCUT2D eigenvalue weighted by molar-refractivity contribution is 0.682. The highest BCUT2D eigenvalue weighted by Crippen LogP contribution is 2.19. The lowest BCUT2D eigenvalue weighted by atomic mass is 10.2. The summed E-state index contributed by atoms with van der Waals surface area (Å²) in [5.41, 5.74) is 1.52. The fraction of sp³-hybridized carbons (Fsp3) is 0.600. The standard InChI is InChI=1S/C10H15NS/c1-8-9(5-7-12-8)4-6-11-10-2-3-10/h5,7,10-11H,2-4,6H2,1H3. The SMILES string of the molecule is Cc1sccc1CCNC1CC1. The van der Waals surface area contributed by atoms with Crippen molar-refractivity contribution in [2.24, 2.45) is 0 Å². The molecule has 1 saturated carbocycles. The Balaban J connectivity index is 1.75. The fourth-order valence-electron chi connectivity index (χ4n) is 1.37. The third kappa shape index (κ3) is 2.08. The van der Waals surface area contributed by atoms with Crippen LogP contribution in [0.3, 0.4) is 0 Å². The molecule has 0 spiro atoms. The van der Waals surface area contributed by atoms with Gasteiger partial charge in [-0.25, -0.2) is 0 Å². The third-order valence-corrected chi connectivity index (χ3v) is 3.26. The molecule has 0 atom stereocenters. The molecule has 1 aromatic heterocycles. The molecule has 1 heterocycles. The van der Waals surface area contributed by atoms with Crippen LogP contribution in [0.5, 0.6) is 0 Å². The molecule has 0 aromatic carbocycles. The van der Waals surface area contributed by atoms with Gasteiger partial charge in [0.05, 0.1) is 0 Å². The predicted molar refractivity (Wildman–Crippen MR) is 53.8 cm³/mol. The minimum absolute atomic E-state index is 0.851. The average molecular weight is 181 g/mol. The van der Waals surface area contributed by atoms with Crippen LogP contribution in [0.25, 0.3) is 0 Å². The minimum Gasteiger partial charge on any atom is -0.314 e. The van der Waals surface area contributed by atoms with E-state index in [0.29, 0.717) is 0 Å². The highest BCUT2D eigenvalue weighted by atomic mass is 32.1. The molecule has 12 heavy (non-hydrogen) atoms. The van der Waals surface area contributed by atoms with Gasteiger partial charge in [0.15, 0.2) is 0 Å². The first kappa shape index (κ1) is 8.27. The van der Waals surface area contributed by atoms with Crippen molar-refractivity contribution < 1.29 is 0 Å². The minimum atomic E-state index is 0.851. The zero-order valence-electron chi connectivity index (χ0n) is 7.47. The molecule has 1 nitrogen and oxygen atoms in total. The van der Waals surface area contributed by atoms with Crippen molar-refractivity contribution in [1.29, 1.82) is 0 Å². The van der Waals surface area contributed by atoms with Crippen LogP contribution in [-0.4, -0.2) is 12.6 Å². The normalized spacial score (nSPS) is 16.8. The van der Waals surface area contributed by atoms with Gasteiger partial charge >= 0.3 is 0 Å². The maximum atomic E-state index is 3.53. The molecule has 1 N–H and O–H groups in total. The largest absolute Gasteiger partial charge is 0.314 e. The number of thiophene rings is 1. The van der Waals surface area contributed by atoms with E-state index in [1.54, 1.807) is 0 Å². The summed E-state index contributed by atoms with van der Waals surface area (Å²) >= 11 is 1.85. The maximum Gasteiger partial charge on any atom is 0.00683 e. The molecule has 2 heteroatoms. The molecule has 0 radical (unpaired) electrons. The molecular weight excluding hydrogens is 166 g/mol. The molecule has 1 fully saturated rings. The summed E-state index contributed by atoms with van der Waals surface area (Å²) in [6.45, 7) is 3.36. The van der Waals surface area contributed by atoms with Crippen molar-refractivity contribution in [2.75, 3.05) is 6.54 Å². The van der Waals surface area contributed by atoms with E-state index < -0.39 is 0 Å². The van der Waals surface area contributed by atoms with Gasteiger partial charge in [-0.15, -0.1) is 11.3 Å². The van der Waals surface area contributed by atoms with Gasteiger partial charge < -0.3 is 5.32 Å². The first-order valence-electron chi connectivity index (χ1n) is 4.62. The van der Waals surface area contributed by atoms with Gasteiger partial charge in [0.25, 0.3) is 0 Å². The molecule has 0 amide bonds. The average Bonchev–Trinajstić information content (AvgIpc) is 2.78. The molecular formula is C10H15NS. The smallest absolute Gasteiger partial charge is 0.00683 e. The van der Waals surface area contributed by atoms with Gasteiger partial charge in [-0.2, -0.15) is 0 Å². The van der Waals surface area contributed by atoms with Crippen LogP contribution >= 0.6 is 11.3 Å². The Labute approximate surface area is 77.8 Å². The summed E-state index contributed by atoms with van der Waals surface area (Å²) in [4.78, 5) is 1.48. The quantitative estimate of drug-likeness (QED) is 0.752. The summed E-state index contributed by atoms with van der Waals surface area (Å²) in [5.74, 6) is 0. The van der Waals surface area contributed by atoms with E-state index in [4.69, 9.17) is 0 Å². The van der Waals surface area contributed by atoms with Crippen LogP contribution in [0.4, 0.5) is 0 Å². The third-order valence-electron chi connectivity index (χ3n) is 2.37. The van der Waals surface area contributed by atoms with Crippen molar-refractivity contribution in [3.8, 4) is 0 Å². The second-order valence-electron chi connectivity index (χ2n) is 3.48. The Morgan fingerprint density at radius 1 is 1.58 bits per heavy atom. The molecule has 0 unspecified atom stereocenters. The molecule has 1 aromatic rings. The number of nitrogens with one attached hydrogen (secondary N) is 1. The zero-order valence-corrected chi connectivity index (χ0v) is 8.29. The summed E-state index contributed by atoms with van der Waals surface area (Å²) in [6.07, 6.45) is 3.98. The van der Waals surface area contributed by atoms with Crippen molar-refractivity contribution in [1.82, 2.24) is 5.32 Å².